The van der Waals surface area contributed by atoms with Gasteiger partial charge in [-0.15, -0.1) is 0 Å². The van der Waals surface area contributed by atoms with Crippen LogP contribution >= 0.6 is 0 Å². The quantitative estimate of drug-likeness (QED) is 0.644. The standard InChI is InChI=1S/C12H15F/c1-9(2)8-10(3)11-4-6-12(13)7-5-11/h4-9H,1-3H3/b10-8+. The highest BCUT2D eigenvalue weighted by atomic mass is 19.1. The molecule has 0 aromatic heterocycles. The predicted octanol–water partition coefficient (Wildman–Crippen LogP) is 3.89. The first kappa shape index (κ1) is 9.97. The number of benzene rings is 1. The van der Waals surface area contributed by atoms with Crippen molar-refractivity contribution in [2.45, 2.75) is 20.8 Å². The largest absolute Gasteiger partial charge is 0.207 e. The van der Waals surface area contributed by atoms with Crippen molar-refractivity contribution in [3.05, 3.63) is 41.7 Å². The molecular formula is C12H15F. The minimum absolute atomic E-state index is 0.180. The summed E-state index contributed by atoms with van der Waals surface area (Å²) >= 11 is 0. The van der Waals surface area contributed by atoms with Gasteiger partial charge in [-0.3, -0.25) is 0 Å². The normalized spacial score (nSPS) is 12.2. The van der Waals surface area contributed by atoms with Crippen LogP contribution in [0.2, 0.25) is 0 Å². The molecule has 13 heavy (non-hydrogen) atoms. The third kappa shape index (κ3) is 3.02. The van der Waals surface area contributed by atoms with Crippen molar-refractivity contribution >= 4 is 5.57 Å². The van der Waals surface area contributed by atoms with Gasteiger partial charge in [-0.1, -0.05) is 32.1 Å². The molecule has 0 heterocycles. The van der Waals surface area contributed by atoms with Crippen LogP contribution < -0.4 is 0 Å². The Kier molecular flexibility index (Phi) is 3.24. The van der Waals surface area contributed by atoms with Gasteiger partial charge in [0.2, 0.25) is 0 Å². The summed E-state index contributed by atoms with van der Waals surface area (Å²) in [5, 5.41) is 0. The van der Waals surface area contributed by atoms with Gasteiger partial charge in [-0.05, 0) is 36.1 Å². The molecule has 0 fully saturated rings. The maximum atomic E-state index is 12.6. The molecule has 0 bridgehead atoms. The van der Waals surface area contributed by atoms with Gasteiger partial charge in [0.15, 0.2) is 0 Å². The number of hydrogen-bond acceptors (Lipinski definition) is 0. The Balaban J connectivity index is 2.89. The van der Waals surface area contributed by atoms with Gasteiger partial charge in [0.1, 0.15) is 5.82 Å². The fourth-order valence-corrected chi connectivity index (χ4v) is 1.31. The maximum absolute atomic E-state index is 12.6. The van der Waals surface area contributed by atoms with Crippen LogP contribution in [0.15, 0.2) is 30.3 Å². The molecule has 0 aliphatic heterocycles. The highest BCUT2D eigenvalue weighted by Gasteiger charge is 1.96. The summed E-state index contributed by atoms with van der Waals surface area (Å²) in [5.74, 6) is 0.353. The molecule has 0 nitrogen and oxygen atoms in total. The van der Waals surface area contributed by atoms with Crippen LogP contribution in [0.3, 0.4) is 0 Å². The van der Waals surface area contributed by atoms with Crippen LogP contribution in [-0.4, -0.2) is 0 Å². The van der Waals surface area contributed by atoms with Gasteiger partial charge < -0.3 is 0 Å². The Morgan fingerprint density at radius 2 is 1.77 bits per heavy atom. The number of allylic oxidation sites excluding steroid dienone is 2. The molecule has 1 rings (SSSR count). The van der Waals surface area contributed by atoms with Gasteiger partial charge in [0.05, 0.1) is 0 Å². The van der Waals surface area contributed by atoms with Crippen molar-refractivity contribution in [1.29, 1.82) is 0 Å². The first-order valence-corrected chi connectivity index (χ1v) is 4.54. The average Bonchev–Trinajstić information content (AvgIpc) is 2.04. The van der Waals surface area contributed by atoms with Gasteiger partial charge in [0.25, 0.3) is 0 Å². The van der Waals surface area contributed by atoms with Gasteiger partial charge in [0, 0.05) is 0 Å². The van der Waals surface area contributed by atoms with Crippen LogP contribution in [0.25, 0.3) is 5.57 Å². The molecular weight excluding hydrogens is 163 g/mol. The Morgan fingerprint density at radius 3 is 2.23 bits per heavy atom. The summed E-state index contributed by atoms with van der Waals surface area (Å²) < 4.78 is 12.6. The van der Waals surface area contributed by atoms with E-state index in [0.717, 1.165) is 5.56 Å². The highest BCUT2D eigenvalue weighted by Crippen LogP contribution is 2.16. The second-order valence-electron chi connectivity index (χ2n) is 3.60. The zero-order valence-corrected chi connectivity index (χ0v) is 8.34. The Morgan fingerprint density at radius 1 is 1.23 bits per heavy atom. The lowest BCUT2D eigenvalue weighted by molar-refractivity contribution is 0.627. The predicted molar refractivity (Wildman–Crippen MR) is 54.9 cm³/mol. The monoisotopic (exact) mass is 178 g/mol. The van der Waals surface area contributed by atoms with Crippen molar-refractivity contribution in [2.75, 3.05) is 0 Å². The van der Waals surface area contributed by atoms with Gasteiger partial charge >= 0.3 is 0 Å². The zero-order valence-electron chi connectivity index (χ0n) is 8.34. The topological polar surface area (TPSA) is 0 Å². The van der Waals surface area contributed by atoms with E-state index in [1.807, 2.05) is 19.1 Å². The summed E-state index contributed by atoms with van der Waals surface area (Å²) in [6.07, 6.45) is 2.17. The second kappa shape index (κ2) is 4.22. The molecule has 70 valence electrons. The van der Waals surface area contributed by atoms with E-state index in [4.69, 9.17) is 0 Å². The van der Waals surface area contributed by atoms with E-state index in [0.29, 0.717) is 5.92 Å². The third-order valence-electron chi connectivity index (χ3n) is 1.88. The van der Waals surface area contributed by atoms with Crippen molar-refractivity contribution in [1.82, 2.24) is 0 Å². The molecule has 0 spiro atoms. The minimum atomic E-state index is -0.180. The van der Waals surface area contributed by atoms with Crippen molar-refractivity contribution in [3.8, 4) is 0 Å². The minimum Gasteiger partial charge on any atom is -0.207 e. The molecule has 0 amide bonds. The van der Waals surface area contributed by atoms with E-state index in [-0.39, 0.29) is 5.82 Å². The average molecular weight is 178 g/mol. The molecule has 0 radical (unpaired) electrons. The number of hydrogen-bond donors (Lipinski definition) is 0. The molecule has 0 saturated carbocycles. The molecule has 0 saturated heterocycles. The van der Waals surface area contributed by atoms with E-state index >= 15 is 0 Å². The van der Waals surface area contributed by atoms with Crippen molar-refractivity contribution in [2.24, 2.45) is 5.92 Å². The van der Waals surface area contributed by atoms with E-state index in [9.17, 15) is 4.39 Å². The highest BCUT2D eigenvalue weighted by molar-refractivity contribution is 5.63. The fraction of sp³-hybridized carbons (Fsp3) is 0.333. The van der Waals surface area contributed by atoms with Gasteiger partial charge in [-0.25, -0.2) is 4.39 Å². The van der Waals surface area contributed by atoms with Crippen LogP contribution in [-0.2, 0) is 0 Å². The third-order valence-corrected chi connectivity index (χ3v) is 1.88. The van der Waals surface area contributed by atoms with E-state index in [1.54, 1.807) is 0 Å². The lowest BCUT2D eigenvalue weighted by atomic mass is 10.0. The summed E-state index contributed by atoms with van der Waals surface area (Å²) in [6, 6.07) is 6.60. The maximum Gasteiger partial charge on any atom is 0.123 e. The molecule has 1 aromatic carbocycles. The number of rotatable bonds is 2. The van der Waals surface area contributed by atoms with Crippen molar-refractivity contribution in [3.63, 3.8) is 0 Å². The molecule has 0 aliphatic carbocycles. The first-order valence-electron chi connectivity index (χ1n) is 4.54. The van der Waals surface area contributed by atoms with Crippen LogP contribution in [0.5, 0.6) is 0 Å². The molecule has 0 N–H and O–H groups in total. The Labute approximate surface area is 79.1 Å². The number of halogens is 1. The summed E-state index contributed by atoms with van der Waals surface area (Å²) in [5.41, 5.74) is 2.30. The van der Waals surface area contributed by atoms with Crippen LogP contribution in [0, 0.1) is 11.7 Å². The van der Waals surface area contributed by atoms with Crippen LogP contribution in [0.4, 0.5) is 4.39 Å². The van der Waals surface area contributed by atoms with E-state index in [2.05, 4.69) is 19.9 Å². The zero-order chi connectivity index (χ0) is 9.84. The van der Waals surface area contributed by atoms with Crippen LogP contribution in [0.1, 0.15) is 26.3 Å². The van der Waals surface area contributed by atoms with Crippen molar-refractivity contribution < 1.29 is 4.39 Å². The molecule has 0 atom stereocenters. The molecule has 1 aromatic rings. The molecule has 1 heteroatoms. The van der Waals surface area contributed by atoms with E-state index < -0.39 is 0 Å². The summed E-state index contributed by atoms with van der Waals surface area (Å²) in [4.78, 5) is 0. The smallest absolute Gasteiger partial charge is 0.123 e. The Bertz CT molecular complexity index is 293. The molecule has 0 unspecified atom stereocenters. The first-order chi connectivity index (χ1) is 6.09. The van der Waals surface area contributed by atoms with E-state index in [1.165, 1.54) is 17.7 Å². The van der Waals surface area contributed by atoms with Gasteiger partial charge in [-0.2, -0.15) is 0 Å². The lowest BCUT2D eigenvalue weighted by Crippen LogP contribution is -1.84. The summed E-state index contributed by atoms with van der Waals surface area (Å²) in [6.45, 7) is 6.31. The molecule has 0 aliphatic rings. The second-order valence-corrected chi connectivity index (χ2v) is 3.60. The lowest BCUT2D eigenvalue weighted by Gasteiger charge is -2.03. The summed E-state index contributed by atoms with van der Waals surface area (Å²) in [7, 11) is 0. The fourth-order valence-electron chi connectivity index (χ4n) is 1.31. The SMILES string of the molecule is C/C(=C\C(C)C)c1ccc(F)cc1. The Hall–Kier alpha value is -1.11.